The Morgan fingerprint density at radius 3 is 2.14 bits per heavy atom. The molecule has 1 atom stereocenters. The third-order valence-electron chi connectivity index (χ3n) is 5.82. The fourth-order valence-electron chi connectivity index (χ4n) is 4.18. The smallest absolute Gasteiger partial charge is 0.246 e. The van der Waals surface area contributed by atoms with Crippen molar-refractivity contribution < 1.29 is 9.59 Å². The van der Waals surface area contributed by atoms with Crippen LogP contribution in [0.5, 0.6) is 0 Å². The van der Waals surface area contributed by atoms with Crippen molar-refractivity contribution in [2.24, 2.45) is 5.92 Å². The van der Waals surface area contributed by atoms with Crippen LogP contribution in [0.2, 0.25) is 0 Å². The Morgan fingerprint density at radius 2 is 1.62 bits per heavy atom. The van der Waals surface area contributed by atoms with Gasteiger partial charge in [0.15, 0.2) is 0 Å². The standard InChI is InChI=1S/C17H30N2O2/c1-4-17(5-2,6-3)19-12-14(20)18-15(16(19)21)13-10-8-7-9-11-13/h13,15H,4-12H2,1-3H3,(H,18,20). The summed E-state index contributed by atoms with van der Waals surface area (Å²) >= 11 is 0. The second kappa shape index (κ2) is 6.80. The summed E-state index contributed by atoms with van der Waals surface area (Å²) in [6, 6.07) is -0.282. The average molecular weight is 294 g/mol. The van der Waals surface area contributed by atoms with Gasteiger partial charge in [-0.05, 0) is 38.0 Å². The molecular formula is C17H30N2O2. The Bertz CT molecular complexity index is 376. The molecule has 2 amide bonds. The van der Waals surface area contributed by atoms with Crippen LogP contribution in [0.3, 0.4) is 0 Å². The first kappa shape index (κ1) is 16.3. The van der Waals surface area contributed by atoms with E-state index < -0.39 is 0 Å². The molecule has 2 rings (SSSR count). The van der Waals surface area contributed by atoms with Crippen LogP contribution in [0.25, 0.3) is 0 Å². The maximum Gasteiger partial charge on any atom is 0.246 e. The van der Waals surface area contributed by atoms with Crippen LogP contribution in [-0.2, 0) is 9.59 Å². The van der Waals surface area contributed by atoms with Crippen LogP contribution in [0, 0.1) is 5.92 Å². The number of nitrogens with one attached hydrogen (secondary N) is 1. The highest BCUT2D eigenvalue weighted by Gasteiger charge is 2.45. The average Bonchev–Trinajstić information content (AvgIpc) is 2.53. The van der Waals surface area contributed by atoms with E-state index in [9.17, 15) is 9.59 Å². The quantitative estimate of drug-likeness (QED) is 0.847. The molecule has 1 saturated carbocycles. The zero-order chi connectivity index (χ0) is 15.5. The molecule has 0 aromatic rings. The molecule has 0 aromatic heterocycles. The molecule has 120 valence electrons. The van der Waals surface area contributed by atoms with Crippen molar-refractivity contribution in [2.75, 3.05) is 6.54 Å². The molecule has 21 heavy (non-hydrogen) atoms. The van der Waals surface area contributed by atoms with E-state index in [0.717, 1.165) is 32.1 Å². The molecule has 2 aliphatic rings. The third-order valence-corrected chi connectivity index (χ3v) is 5.82. The van der Waals surface area contributed by atoms with E-state index in [0.29, 0.717) is 5.92 Å². The van der Waals surface area contributed by atoms with Crippen molar-refractivity contribution in [1.29, 1.82) is 0 Å². The molecule has 4 nitrogen and oxygen atoms in total. The van der Waals surface area contributed by atoms with Crippen molar-refractivity contribution >= 4 is 11.8 Å². The van der Waals surface area contributed by atoms with Gasteiger partial charge in [-0.25, -0.2) is 0 Å². The van der Waals surface area contributed by atoms with E-state index in [4.69, 9.17) is 0 Å². The van der Waals surface area contributed by atoms with E-state index in [2.05, 4.69) is 26.1 Å². The fourth-order valence-corrected chi connectivity index (χ4v) is 4.18. The Kier molecular flexibility index (Phi) is 5.28. The number of rotatable bonds is 5. The van der Waals surface area contributed by atoms with Gasteiger partial charge in [0.25, 0.3) is 0 Å². The number of piperazine rings is 1. The number of amides is 2. The molecule has 1 saturated heterocycles. The van der Waals surface area contributed by atoms with Crippen LogP contribution in [-0.4, -0.2) is 34.8 Å². The Labute approximate surface area is 128 Å². The van der Waals surface area contributed by atoms with Crippen molar-refractivity contribution in [2.45, 2.75) is 83.7 Å². The molecule has 0 radical (unpaired) electrons. The monoisotopic (exact) mass is 294 g/mol. The second-order valence-electron chi connectivity index (χ2n) is 6.65. The lowest BCUT2D eigenvalue weighted by Crippen LogP contribution is -2.66. The molecular weight excluding hydrogens is 264 g/mol. The third kappa shape index (κ3) is 3.09. The normalized spacial score (nSPS) is 25.1. The summed E-state index contributed by atoms with van der Waals surface area (Å²) in [5.41, 5.74) is -0.151. The molecule has 0 bridgehead atoms. The lowest BCUT2D eigenvalue weighted by molar-refractivity contribution is -0.153. The highest BCUT2D eigenvalue weighted by Crippen LogP contribution is 2.33. The Balaban J connectivity index is 2.22. The molecule has 1 heterocycles. The molecule has 4 heteroatoms. The van der Waals surface area contributed by atoms with Crippen molar-refractivity contribution in [3.05, 3.63) is 0 Å². The molecule has 1 aliphatic heterocycles. The SMILES string of the molecule is CCC(CC)(CC)N1CC(=O)NC(C2CCCCC2)C1=O. The second-order valence-corrected chi connectivity index (χ2v) is 6.65. The van der Waals surface area contributed by atoms with Gasteiger partial charge in [-0.1, -0.05) is 40.0 Å². The number of carbonyl (C=O) groups is 2. The highest BCUT2D eigenvalue weighted by atomic mass is 16.2. The van der Waals surface area contributed by atoms with Crippen molar-refractivity contribution in [3.63, 3.8) is 0 Å². The van der Waals surface area contributed by atoms with Gasteiger partial charge in [-0.15, -0.1) is 0 Å². The van der Waals surface area contributed by atoms with E-state index in [1.807, 2.05) is 4.90 Å². The molecule has 1 N–H and O–H groups in total. The summed E-state index contributed by atoms with van der Waals surface area (Å²) in [7, 11) is 0. The van der Waals surface area contributed by atoms with Gasteiger partial charge in [0.05, 0.1) is 0 Å². The summed E-state index contributed by atoms with van der Waals surface area (Å²) in [5.74, 6) is 0.512. The first-order valence-corrected chi connectivity index (χ1v) is 8.68. The number of hydrogen-bond acceptors (Lipinski definition) is 2. The molecule has 1 unspecified atom stereocenters. The Hall–Kier alpha value is -1.06. The number of nitrogens with zero attached hydrogens (tertiary/aromatic N) is 1. The predicted octanol–water partition coefficient (Wildman–Crippen LogP) is 2.86. The van der Waals surface area contributed by atoms with Gasteiger partial charge >= 0.3 is 0 Å². The topological polar surface area (TPSA) is 49.4 Å². The fraction of sp³-hybridized carbons (Fsp3) is 0.882. The minimum Gasteiger partial charge on any atom is -0.342 e. The highest BCUT2D eigenvalue weighted by molar-refractivity contribution is 5.95. The summed E-state index contributed by atoms with van der Waals surface area (Å²) in [6.07, 6.45) is 8.51. The first-order valence-electron chi connectivity index (χ1n) is 8.68. The van der Waals surface area contributed by atoms with Gasteiger partial charge in [0.2, 0.25) is 11.8 Å². The lowest BCUT2D eigenvalue weighted by atomic mass is 9.80. The summed E-state index contributed by atoms with van der Waals surface area (Å²) in [5, 5.41) is 2.98. The number of hydrogen-bond donors (Lipinski definition) is 1. The van der Waals surface area contributed by atoms with Gasteiger partial charge in [0.1, 0.15) is 12.6 Å². The minimum absolute atomic E-state index is 0.0184. The summed E-state index contributed by atoms with van der Waals surface area (Å²) in [6.45, 7) is 6.62. The molecule has 1 aliphatic carbocycles. The van der Waals surface area contributed by atoms with Crippen LogP contribution >= 0.6 is 0 Å². The first-order chi connectivity index (χ1) is 10.1. The summed E-state index contributed by atoms with van der Waals surface area (Å²) < 4.78 is 0. The van der Waals surface area contributed by atoms with Gasteiger partial charge < -0.3 is 10.2 Å². The number of carbonyl (C=O) groups excluding carboxylic acids is 2. The maximum atomic E-state index is 13.0. The predicted molar refractivity (Wildman–Crippen MR) is 83.8 cm³/mol. The van der Waals surface area contributed by atoms with Gasteiger partial charge in [0, 0.05) is 5.54 Å². The van der Waals surface area contributed by atoms with Gasteiger partial charge in [-0.3, -0.25) is 9.59 Å². The van der Waals surface area contributed by atoms with Gasteiger partial charge in [-0.2, -0.15) is 0 Å². The zero-order valence-electron chi connectivity index (χ0n) is 13.8. The van der Waals surface area contributed by atoms with E-state index in [1.54, 1.807) is 0 Å². The van der Waals surface area contributed by atoms with E-state index >= 15 is 0 Å². The molecule has 2 fully saturated rings. The van der Waals surface area contributed by atoms with E-state index in [-0.39, 0.29) is 29.9 Å². The maximum absolute atomic E-state index is 13.0. The molecule has 0 spiro atoms. The Morgan fingerprint density at radius 1 is 1.05 bits per heavy atom. The van der Waals surface area contributed by atoms with Crippen LogP contribution in [0.15, 0.2) is 0 Å². The van der Waals surface area contributed by atoms with Crippen molar-refractivity contribution in [3.8, 4) is 0 Å². The van der Waals surface area contributed by atoms with E-state index in [1.165, 1.54) is 19.3 Å². The van der Waals surface area contributed by atoms with Crippen LogP contribution in [0.1, 0.15) is 72.1 Å². The van der Waals surface area contributed by atoms with Crippen LogP contribution < -0.4 is 5.32 Å². The largest absolute Gasteiger partial charge is 0.342 e. The lowest BCUT2D eigenvalue weighted by Gasteiger charge is -2.48. The van der Waals surface area contributed by atoms with Crippen LogP contribution in [0.4, 0.5) is 0 Å². The molecule has 0 aromatic carbocycles. The van der Waals surface area contributed by atoms with Crippen molar-refractivity contribution in [1.82, 2.24) is 10.2 Å². The zero-order valence-corrected chi connectivity index (χ0v) is 13.8. The minimum atomic E-state index is -0.282. The summed E-state index contributed by atoms with van der Waals surface area (Å²) in [4.78, 5) is 27.1.